The lowest BCUT2D eigenvalue weighted by molar-refractivity contribution is -0.153. The Labute approximate surface area is 243 Å². The number of aliphatic hydroxyl groups is 3. The number of likely N-dealkylation sites (N-methyl/N-ethyl adjacent to an activating group) is 1. The van der Waals surface area contributed by atoms with Crippen molar-refractivity contribution in [3.05, 3.63) is 39.7 Å². The molecule has 1 aromatic rings. The number of hydrogen-bond acceptors (Lipinski definition) is 12. The van der Waals surface area contributed by atoms with E-state index in [1.807, 2.05) is 4.90 Å². The summed E-state index contributed by atoms with van der Waals surface area (Å²) in [6.07, 6.45) is 0.943. The lowest BCUT2D eigenvalue weighted by Gasteiger charge is -2.50. The summed E-state index contributed by atoms with van der Waals surface area (Å²) in [6, 6.07) is 0.637. The van der Waals surface area contributed by atoms with Gasteiger partial charge in [0.25, 0.3) is 5.91 Å². The van der Waals surface area contributed by atoms with E-state index in [-0.39, 0.29) is 48.7 Å². The second-order valence-electron chi connectivity index (χ2n) is 11.5. The molecule has 7 N–H and O–H groups in total. The Morgan fingerprint density at radius 3 is 2.40 bits per heavy atom. The van der Waals surface area contributed by atoms with Crippen molar-refractivity contribution in [3.63, 3.8) is 0 Å². The quantitative estimate of drug-likeness (QED) is 0.129. The molecular weight excluding hydrogens is 548 g/mol. The maximum atomic E-state index is 14.0. The van der Waals surface area contributed by atoms with Gasteiger partial charge >= 0.3 is 5.97 Å². The maximum Gasteiger partial charge on any atom is 0.305 e. The number of aliphatic hydroxyl groups excluding tert-OH is 2. The SMILES string of the molecule is COC(=O)CCCNCc1cc(N(C)C)c2c(c1O)C(O)=C1C(=O)[C@]3(O)C(O)=C(C(N)=O)C(=O)[C@@H](N(C)C)[C@@H]3C[C@@H]1C2. The van der Waals surface area contributed by atoms with E-state index < -0.39 is 58.0 Å². The number of primary amides is 1. The van der Waals surface area contributed by atoms with Crippen molar-refractivity contribution in [2.75, 3.05) is 46.7 Å². The van der Waals surface area contributed by atoms with Crippen molar-refractivity contribution in [2.24, 2.45) is 17.6 Å². The maximum absolute atomic E-state index is 14.0. The first-order chi connectivity index (χ1) is 19.7. The Bertz CT molecular complexity index is 1410. The molecule has 0 spiro atoms. The number of methoxy groups -OCH3 is 1. The fraction of sp³-hybridized carbons (Fsp3) is 0.517. The Kier molecular flexibility index (Phi) is 8.40. The molecule has 0 unspecified atom stereocenters. The molecule has 1 amide bonds. The second kappa shape index (κ2) is 11.4. The largest absolute Gasteiger partial charge is 0.508 e. The molecule has 0 aliphatic heterocycles. The number of aromatic hydroxyl groups is 1. The van der Waals surface area contributed by atoms with Crippen LogP contribution >= 0.6 is 0 Å². The number of amides is 1. The molecule has 0 aromatic heterocycles. The van der Waals surface area contributed by atoms with Crippen molar-refractivity contribution in [2.45, 2.75) is 43.9 Å². The number of phenolic OH excluding ortho intramolecular Hbond substituents is 1. The molecule has 0 saturated heterocycles. The molecule has 0 heterocycles. The molecule has 42 heavy (non-hydrogen) atoms. The van der Waals surface area contributed by atoms with Crippen LogP contribution in [0.25, 0.3) is 5.76 Å². The number of anilines is 1. The average molecular weight is 587 g/mol. The molecule has 228 valence electrons. The summed E-state index contributed by atoms with van der Waals surface area (Å²) in [5.41, 5.74) is 3.36. The van der Waals surface area contributed by atoms with Gasteiger partial charge in [0, 0.05) is 49.8 Å². The van der Waals surface area contributed by atoms with Gasteiger partial charge in [0.05, 0.1) is 18.7 Å². The Morgan fingerprint density at radius 2 is 1.83 bits per heavy atom. The van der Waals surface area contributed by atoms with Crippen LogP contribution in [0.1, 0.15) is 36.0 Å². The first-order valence-corrected chi connectivity index (χ1v) is 13.7. The number of ether oxygens (including phenoxy) is 1. The van der Waals surface area contributed by atoms with Gasteiger partial charge in [0.1, 0.15) is 22.8 Å². The number of phenols is 1. The zero-order chi connectivity index (χ0) is 31.3. The minimum atomic E-state index is -2.69. The lowest BCUT2D eigenvalue weighted by atomic mass is 9.57. The van der Waals surface area contributed by atoms with Crippen LogP contribution < -0.4 is 16.0 Å². The summed E-state index contributed by atoms with van der Waals surface area (Å²) in [7, 11) is 8.03. The normalized spacial score (nSPS) is 25.3. The molecular formula is C29H38N4O9. The number of carbonyl (C=O) groups excluding carboxylic acids is 4. The number of ketones is 2. The Hall–Kier alpha value is -3.94. The fourth-order valence-electron chi connectivity index (χ4n) is 6.56. The van der Waals surface area contributed by atoms with Crippen molar-refractivity contribution in [1.82, 2.24) is 10.2 Å². The van der Waals surface area contributed by atoms with Crippen LogP contribution in [0, 0.1) is 11.8 Å². The number of carbonyl (C=O) groups is 4. The summed E-state index contributed by atoms with van der Waals surface area (Å²) >= 11 is 0. The summed E-state index contributed by atoms with van der Waals surface area (Å²) in [5.74, 6) is -7.19. The highest BCUT2D eigenvalue weighted by Gasteiger charge is 2.64. The van der Waals surface area contributed by atoms with E-state index in [1.165, 1.54) is 12.0 Å². The van der Waals surface area contributed by atoms with Gasteiger partial charge in [0.2, 0.25) is 5.78 Å². The second-order valence-corrected chi connectivity index (χ2v) is 11.5. The van der Waals surface area contributed by atoms with Crippen LogP contribution in [-0.2, 0) is 36.9 Å². The van der Waals surface area contributed by atoms with Crippen molar-refractivity contribution in [1.29, 1.82) is 0 Å². The van der Waals surface area contributed by atoms with Gasteiger partial charge in [-0.2, -0.15) is 0 Å². The summed E-state index contributed by atoms with van der Waals surface area (Å²) < 4.78 is 4.64. The number of esters is 1. The topological polar surface area (TPSA) is 203 Å². The first kappa shape index (κ1) is 31.0. The molecule has 1 fully saturated rings. The van der Waals surface area contributed by atoms with Gasteiger partial charge in [-0.05, 0) is 57.5 Å². The third-order valence-electron chi connectivity index (χ3n) is 8.54. The van der Waals surface area contributed by atoms with Crippen LogP contribution in [0.3, 0.4) is 0 Å². The van der Waals surface area contributed by atoms with Crippen LogP contribution in [0.2, 0.25) is 0 Å². The zero-order valence-electron chi connectivity index (χ0n) is 24.4. The van der Waals surface area contributed by atoms with Crippen LogP contribution in [-0.4, -0.2) is 102 Å². The number of hydrogen-bond donors (Lipinski definition) is 6. The van der Waals surface area contributed by atoms with Gasteiger partial charge in [-0.25, -0.2) is 0 Å². The molecule has 13 nitrogen and oxygen atoms in total. The standard InChI is InChI=1S/C29H38N4O9/c1-32(2)17-11-14(12-31-8-6-7-18(34)42-5)23(35)20-15(17)9-13-10-16-22(33(3)4)25(37)21(28(30)40)27(39)29(16,41)26(38)19(13)24(20)36/h11,13,16,22,31,35-36,39,41H,6-10,12H2,1-5H3,(H2,30,40)/t13-,16-,22-,29-/m0/s1. The third-order valence-corrected chi connectivity index (χ3v) is 8.54. The van der Waals surface area contributed by atoms with E-state index in [0.717, 1.165) is 0 Å². The number of fused-ring (bicyclic) bond motifs is 3. The van der Waals surface area contributed by atoms with E-state index >= 15 is 0 Å². The molecule has 1 saturated carbocycles. The minimum Gasteiger partial charge on any atom is -0.508 e. The fourth-order valence-corrected chi connectivity index (χ4v) is 6.56. The molecule has 0 bridgehead atoms. The predicted molar refractivity (Wildman–Crippen MR) is 152 cm³/mol. The zero-order valence-corrected chi connectivity index (χ0v) is 24.4. The summed E-state index contributed by atoms with van der Waals surface area (Å²) in [4.78, 5) is 54.1. The molecule has 3 aliphatic rings. The van der Waals surface area contributed by atoms with E-state index in [9.17, 15) is 39.6 Å². The molecule has 1 aromatic carbocycles. The third kappa shape index (κ3) is 4.80. The van der Waals surface area contributed by atoms with Gasteiger partial charge in [-0.1, -0.05) is 0 Å². The van der Waals surface area contributed by atoms with Crippen molar-refractivity contribution < 1.29 is 44.3 Å². The van der Waals surface area contributed by atoms with Crippen LogP contribution in [0.5, 0.6) is 5.75 Å². The average Bonchev–Trinajstić information content (AvgIpc) is 2.90. The lowest BCUT2D eigenvalue weighted by Crippen LogP contribution is -2.65. The summed E-state index contributed by atoms with van der Waals surface area (Å²) in [6.45, 7) is 0.635. The van der Waals surface area contributed by atoms with Gasteiger partial charge in [0.15, 0.2) is 11.4 Å². The van der Waals surface area contributed by atoms with Gasteiger partial charge in [-0.3, -0.25) is 24.1 Å². The Morgan fingerprint density at radius 1 is 1.17 bits per heavy atom. The number of Topliss-reactive ketones (excluding diaryl/α,β-unsaturated/α-hetero) is 2. The number of nitrogens with two attached hydrogens (primary N) is 1. The number of benzene rings is 1. The van der Waals surface area contributed by atoms with Crippen LogP contribution in [0.15, 0.2) is 23.0 Å². The smallest absolute Gasteiger partial charge is 0.305 e. The van der Waals surface area contributed by atoms with E-state index in [4.69, 9.17) is 5.73 Å². The predicted octanol–water partition coefficient (Wildman–Crippen LogP) is 0.0728. The molecule has 13 heteroatoms. The van der Waals surface area contributed by atoms with Gasteiger partial charge in [-0.15, -0.1) is 0 Å². The highest BCUT2D eigenvalue weighted by Crippen LogP contribution is 2.54. The van der Waals surface area contributed by atoms with Crippen molar-refractivity contribution >= 4 is 34.9 Å². The van der Waals surface area contributed by atoms with E-state index in [2.05, 4.69) is 10.1 Å². The number of nitrogens with zero attached hydrogens (tertiary/aromatic N) is 2. The molecule has 4 rings (SSSR count). The van der Waals surface area contributed by atoms with E-state index in [0.29, 0.717) is 29.8 Å². The van der Waals surface area contributed by atoms with Gasteiger partial charge < -0.3 is 41.1 Å². The molecule has 4 atom stereocenters. The van der Waals surface area contributed by atoms with Crippen LogP contribution in [0.4, 0.5) is 5.69 Å². The Balaban J connectivity index is 1.81. The number of nitrogens with one attached hydrogen (secondary N) is 1. The minimum absolute atomic E-state index is 0.0168. The monoisotopic (exact) mass is 586 g/mol. The molecule has 0 radical (unpaired) electrons. The molecule has 3 aliphatic carbocycles. The highest BCUT2D eigenvalue weighted by atomic mass is 16.5. The first-order valence-electron chi connectivity index (χ1n) is 13.7. The van der Waals surface area contributed by atoms with Crippen molar-refractivity contribution in [3.8, 4) is 5.75 Å². The number of rotatable bonds is 9. The van der Waals surface area contributed by atoms with E-state index in [1.54, 1.807) is 34.3 Å². The highest BCUT2D eigenvalue weighted by molar-refractivity contribution is 6.24. The summed E-state index contributed by atoms with van der Waals surface area (Å²) in [5, 5.41) is 48.8.